The van der Waals surface area contributed by atoms with Crippen LogP contribution in [0.3, 0.4) is 0 Å². The molecule has 98 valence electrons. The summed E-state index contributed by atoms with van der Waals surface area (Å²) >= 11 is 0. The standard InChI is InChI=1S/C17H18O2/c1-12-6-5-7-13(2)17(12)19-11-14-10-18-16-9-4-3-8-15(14)16/h3-9,14H,10-11H2,1-2H3. The van der Waals surface area contributed by atoms with Gasteiger partial charge in [-0.15, -0.1) is 0 Å². The van der Waals surface area contributed by atoms with Gasteiger partial charge in [0.2, 0.25) is 0 Å². The third kappa shape index (κ3) is 2.30. The maximum atomic E-state index is 6.03. The van der Waals surface area contributed by atoms with E-state index in [2.05, 4.69) is 44.2 Å². The monoisotopic (exact) mass is 254 g/mol. The molecule has 0 amide bonds. The molecule has 1 aliphatic heterocycles. The summed E-state index contributed by atoms with van der Waals surface area (Å²) < 4.78 is 11.7. The highest BCUT2D eigenvalue weighted by Gasteiger charge is 2.24. The number of benzene rings is 2. The number of fused-ring (bicyclic) bond motifs is 1. The second kappa shape index (κ2) is 4.96. The first-order valence-electron chi connectivity index (χ1n) is 6.66. The smallest absolute Gasteiger partial charge is 0.125 e. The van der Waals surface area contributed by atoms with E-state index in [-0.39, 0.29) is 0 Å². The van der Waals surface area contributed by atoms with Crippen LogP contribution in [-0.4, -0.2) is 13.2 Å². The zero-order chi connectivity index (χ0) is 13.2. The van der Waals surface area contributed by atoms with E-state index in [9.17, 15) is 0 Å². The Morgan fingerprint density at radius 2 is 1.79 bits per heavy atom. The first kappa shape index (κ1) is 12.1. The number of ether oxygens (including phenoxy) is 2. The summed E-state index contributed by atoms with van der Waals surface area (Å²) in [7, 11) is 0. The van der Waals surface area contributed by atoms with Crippen LogP contribution in [0.15, 0.2) is 42.5 Å². The van der Waals surface area contributed by atoms with Gasteiger partial charge in [-0.2, -0.15) is 0 Å². The van der Waals surface area contributed by atoms with Crippen molar-refractivity contribution in [2.75, 3.05) is 13.2 Å². The number of aryl methyl sites for hydroxylation is 2. The molecule has 2 nitrogen and oxygen atoms in total. The molecule has 0 N–H and O–H groups in total. The molecular formula is C17H18O2. The second-order valence-electron chi connectivity index (χ2n) is 5.08. The molecule has 2 aromatic carbocycles. The lowest BCUT2D eigenvalue weighted by atomic mass is 10.0. The minimum atomic E-state index is 0.329. The van der Waals surface area contributed by atoms with Crippen LogP contribution in [0.5, 0.6) is 11.5 Å². The van der Waals surface area contributed by atoms with Crippen molar-refractivity contribution in [2.24, 2.45) is 0 Å². The molecule has 0 saturated carbocycles. The molecule has 0 spiro atoms. The van der Waals surface area contributed by atoms with Crippen LogP contribution >= 0.6 is 0 Å². The zero-order valence-corrected chi connectivity index (χ0v) is 11.3. The van der Waals surface area contributed by atoms with E-state index in [4.69, 9.17) is 9.47 Å². The largest absolute Gasteiger partial charge is 0.493 e. The van der Waals surface area contributed by atoms with Crippen molar-refractivity contribution in [3.63, 3.8) is 0 Å². The normalized spacial score (nSPS) is 16.8. The Kier molecular flexibility index (Phi) is 3.16. The van der Waals surface area contributed by atoms with Gasteiger partial charge in [0, 0.05) is 5.56 Å². The highest BCUT2D eigenvalue weighted by Crippen LogP contribution is 2.34. The Balaban J connectivity index is 1.75. The number of hydrogen-bond donors (Lipinski definition) is 0. The van der Waals surface area contributed by atoms with E-state index in [1.165, 1.54) is 16.7 Å². The summed E-state index contributed by atoms with van der Waals surface area (Å²) in [6.07, 6.45) is 0. The first-order chi connectivity index (χ1) is 9.25. The topological polar surface area (TPSA) is 18.5 Å². The summed E-state index contributed by atoms with van der Waals surface area (Å²) in [5.74, 6) is 2.33. The van der Waals surface area contributed by atoms with Crippen LogP contribution in [0.4, 0.5) is 0 Å². The molecule has 2 heteroatoms. The molecule has 1 unspecified atom stereocenters. The minimum Gasteiger partial charge on any atom is -0.493 e. The van der Waals surface area contributed by atoms with Crippen molar-refractivity contribution >= 4 is 0 Å². The molecule has 1 aliphatic rings. The Labute approximate surface area is 114 Å². The van der Waals surface area contributed by atoms with Crippen molar-refractivity contribution in [2.45, 2.75) is 19.8 Å². The molecule has 1 heterocycles. The third-order valence-electron chi connectivity index (χ3n) is 3.64. The maximum absolute atomic E-state index is 6.03. The summed E-state index contributed by atoms with van der Waals surface area (Å²) in [4.78, 5) is 0. The van der Waals surface area contributed by atoms with E-state index >= 15 is 0 Å². The summed E-state index contributed by atoms with van der Waals surface area (Å²) in [6.45, 7) is 5.55. The van der Waals surface area contributed by atoms with Gasteiger partial charge in [0.25, 0.3) is 0 Å². The SMILES string of the molecule is Cc1cccc(C)c1OCC1COc2ccccc21. The van der Waals surface area contributed by atoms with E-state index in [0.29, 0.717) is 19.1 Å². The molecule has 0 fully saturated rings. The molecule has 0 aromatic heterocycles. The second-order valence-corrected chi connectivity index (χ2v) is 5.08. The van der Waals surface area contributed by atoms with Crippen LogP contribution in [0, 0.1) is 13.8 Å². The predicted molar refractivity (Wildman–Crippen MR) is 76.1 cm³/mol. The quantitative estimate of drug-likeness (QED) is 0.828. The van der Waals surface area contributed by atoms with Crippen LogP contribution in [-0.2, 0) is 0 Å². The Hall–Kier alpha value is -1.96. The van der Waals surface area contributed by atoms with Gasteiger partial charge in [0.05, 0.1) is 19.1 Å². The van der Waals surface area contributed by atoms with Gasteiger partial charge >= 0.3 is 0 Å². The van der Waals surface area contributed by atoms with Gasteiger partial charge < -0.3 is 9.47 Å². The fraction of sp³-hybridized carbons (Fsp3) is 0.294. The van der Waals surface area contributed by atoms with E-state index in [0.717, 1.165) is 11.5 Å². The van der Waals surface area contributed by atoms with Gasteiger partial charge in [-0.3, -0.25) is 0 Å². The zero-order valence-electron chi connectivity index (χ0n) is 11.3. The summed E-state index contributed by atoms with van der Waals surface area (Å²) in [5, 5.41) is 0. The lowest BCUT2D eigenvalue weighted by Crippen LogP contribution is -2.12. The van der Waals surface area contributed by atoms with Crippen molar-refractivity contribution in [3.8, 4) is 11.5 Å². The minimum absolute atomic E-state index is 0.329. The van der Waals surface area contributed by atoms with Gasteiger partial charge in [-0.1, -0.05) is 36.4 Å². The fourth-order valence-corrected chi connectivity index (χ4v) is 2.58. The molecule has 0 bridgehead atoms. The Morgan fingerprint density at radius 1 is 1.05 bits per heavy atom. The summed E-state index contributed by atoms with van der Waals surface area (Å²) in [6, 6.07) is 14.4. The average molecular weight is 254 g/mol. The third-order valence-corrected chi connectivity index (χ3v) is 3.64. The van der Waals surface area contributed by atoms with E-state index in [1.807, 2.05) is 12.1 Å². The fourth-order valence-electron chi connectivity index (χ4n) is 2.58. The highest BCUT2D eigenvalue weighted by atomic mass is 16.5. The molecule has 0 radical (unpaired) electrons. The molecule has 19 heavy (non-hydrogen) atoms. The lowest BCUT2D eigenvalue weighted by Gasteiger charge is -2.15. The van der Waals surface area contributed by atoms with Crippen molar-refractivity contribution < 1.29 is 9.47 Å². The van der Waals surface area contributed by atoms with Gasteiger partial charge in [-0.25, -0.2) is 0 Å². The number of para-hydroxylation sites is 2. The lowest BCUT2D eigenvalue weighted by molar-refractivity contribution is 0.246. The van der Waals surface area contributed by atoms with Gasteiger partial charge in [0.15, 0.2) is 0 Å². The Morgan fingerprint density at radius 3 is 2.58 bits per heavy atom. The summed E-state index contributed by atoms with van der Waals surface area (Å²) in [5.41, 5.74) is 3.63. The van der Waals surface area contributed by atoms with Crippen LogP contribution in [0.1, 0.15) is 22.6 Å². The molecule has 2 aromatic rings. The van der Waals surface area contributed by atoms with Crippen LogP contribution in [0.25, 0.3) is 0 Å². The van der Waals surface area contributed by atoms with Crippen LogP contribution < -0.4 is 9.47 Å². The molecule has 1 atom stereocenters. The highest BCUT2D eigenvalue weighted by molar-refractivity contribution is 5.41. The predicted octanol–water partition coefficient (Wildman–Crippen LogP) is 3.86. The number of rotatable bonds is 3. The molecule has 0 saturated heterocycles. The van der Waals surface area contributed by atoms with E-state index in [1.54, 1.807) is 0 Å². The maximum Gasteiger partial charge on any atom is 0.125 e. The van der Waals surface area contributed by atoms with Crippen LogP contribution in [0.2, 0.25) is 0 Å². The van der Waals surface area contributed by atoms with Gasteiger partial charge in [0.1, 0.15) is 11.5 Å². The van der Waals surface area contributed by atoms with E-state index < -0.39 is 0 Å². The van der Waals surface area contributed by atoms with Crippen molar-refractivity contribution in [3.05, 3.63) is 59.2 Å². The van der Waals surface area contributed by atoms with Crippen molar-refractivity contribution in [1.82, 2.24) is 0 Å². The van der Waals surface area contributed by atoms with Crippen molar-refractivity contribution in [1.29, 1.82) is 0 Å². The van der Waals surface area contributed by atoms with Gasteiger partial charge in [-0.05, 0) is 31.0 Å². The molecule has 3 rings (SSSR count). The number of hydrogen-bond acceptors (Lipinski definition) is 2. The first-order valence-corrected chi connectivity index (χ1v) is 6.66. The average Bonchev–Trinajstić information content (AvgIpc) is 2.82. The Bertz CT molecular complexity index is 569. The molecule has 0 aliphatic carbocycles. The molecular weight excluding hydrogens is 236 g/mol.